The zero-order valence-electron chi connectivity index (χ0n) is 15.9. The van der Waals surface area contributed by atoms with Crippen LogP contribution < -0.4 is 5.56 Å². The van der Waals surface area contributed by atoms with E-state index in [9.17, 15) is 9.18 Å². The SMILES string of the molecule is Cc1nc2nc3ccn(Cc4cccc(F)c4)c(=O)c3c(-c3ccccc3Cl)n2n1. The molecule has 0 aliphatic rings. The quantitative estimate of drug-likeness (QED) is 0.438. The maximum Gasteiger partial charge on any atom is 0.262 e. The lowest BCUT2D eigenvalue weighted by Crippen LogP contribution is -2.22. The van der Waals surface area contributed by atoms with Gasteiger partial charge >= 0.3 is 0 Å². The Bertz CT molecular complexity index is 1490. The first-order valence-electron chi connectivity index (χ1n) is 9.27. The smallest absolute Gasteiger partial charge is 0.262 e. The van der Waals surface area contributed by atoms with Crippen LogP contribution in [0.15, 0.2) is 65.6 Å². The lowest BCUT2D eigenvalue weighted by atomic mass is 10.1. The molecule has 148 valence electrons. The van der Waals surface area contributed by atoms with Crippen LogP contribution in [0.4, 0.5) is 4.39 Å². The van der Waals surface area contributed by atoms with Crippen LogP contribution in [0.25, 0.3) is 27.9 Å². The summed E-state index contributed by atoms with van der Waals surface area (Å²) in [6.45, 7) is 1.99. The largest absolute Gasteiger partial charge is 0.310 e. The van der Waals surface area contributed by atoms with Gasteiger partial charge in [-0.3, -0.25) is 4.79 Å². The highest BCUT2D eigenvalue weighted by molar-refractivity contribution is 6.33. The normalized spacial score (nSPS) is 11.4. The Kier molecular flexibility index (Phi) is 4.33. The van der Waals surface area contributed by atoms with Crippen LogP contribution in [0.3, 0.4) is 0 Å². The summed E-state index contributed by atoms with van der Waals surface area (Å²) in [5.41, 5.74) is 2.09. The third kappa shape index (κ3) is 3.04. The van der Waals surface area contributed by atoms with E-state index in [4.69, 9.17) is 11.6 Å². The Morgan fingerprint density at radius 2 is 1.90 bits per heavy atom. The minimum atomic E-state index is -0.348. The molecule has 2 aromatic carbocycles. The van der Waals surface area contributed by atoms with E-state index < -0.39 is 0 Å². The Morgan fingerprint density at radius 1 is 1.07 bits per heavy atom. The van der Waals surface area contributed by atoms with Crippen molar-refractivity contribution in [1.82, 2.24) is 24.1 Å². The van der Waals surface area contributed by atoms with E-state index in [0.29, 0.717) is 44.3 Å². The van der Waals surface area contributed by atoms with Gasteiger partial charge in [0.1, 0.15) is 11.6 Å². The van der Waals surface area contributed by atoms with E-state index in [0.717, 1.165) is 0 Å². The summed E-state index contributed by atoms with van der Waals surface area (Å²) in [5, 5.41) is 5.29. The molecule has 30 heavy (non-hydrogen) atoms. The average molecular weight is 420 g/mol. The minimum Gasteiger partial charge on any atom is -0.310 e. The van der Waals surface area contributed by atoms with Crippen LogP contribution in [-0.4, -0.2) is 24.1 Å². The Morgan fingerprint density at radius 3 is 2.70 bits per heavy atom. The molecule has 0 N–H and O–H groups in total. The predicted molar refractivity (Wildman–Crippen MR) is 113 cm³/mol. The predicted octanol–water partition coefficient (Wildman–Crippen LogP) is 4.26. The molecule has 3 heterocycles. The molecule has 0 aliphatic carbocycles. The molecule has 0 radical (unpaired) electrons. The molecule has 0 spiro atoms. The van der Waals surface area contributed by atoms with Crippen molar-refractivity contribution in [3.8, 4) is 11.3 Å². The highest BCUT2D eigenvalue weighted by atomic mass is 35.5. The first-order chi connectivity index (χ1) is 14.5. The standard InChI is InChI=1S/C22H15ClFN5O/c1-13-25-22-26-18-9-10-28(12-14-5-4-6-15(24)11-14)21(30)19(18)20(29(22)27-13)16-7-2-3-8-17(16)23/h2-11H,12H2,1H3. The molecule has 5 aromatic rings. The van der Waals surface area contributed by atoms with Gasteiger partial charge in [0, 0.05) is 16.8 Å². The lowest BCUT2D eigenvalue weighted by molar-refractivity contribution is 0.623. The van der Waals surface area contributed by atoms with Gasteiger partial charge in [-0.1, -0.05) is 41.9 Å². The number of halogens is 2. The fraction of sp³-hybridized carbons (Fsp3) is 0.0909. The first kappa shape index (κ1) is 18.4. The number of rotatable bonds is 3. The maximum atomic E-state index is 13.6. The highest BCUT2D eigenvalue weighted by Gasteiger charge is 2.19. The zero-order valence-corrected chi connectivity index (χ0v) is 16.6. The summed E-state index contributed by atoms with van der Waals surface area (Å²) in [4.78, 5) is 22.4. The summed E-state index contributed by atoms with van der Waals surface area (Å²) < 4.78 is 16.7. The number of aromatic nitrogens is 5. The second-order valence-electron chi connectivity index (χ2n) is 6.95. The molecule has 5 rings (SSSR count). The van der Waals surface area contributed by atoms with Crippen molar-refractivity contribution in [3.63, 3.8) is 0 Å². The second kappa shape index (κ2) is 7.03. The van der Waals surface area contributed by atoms with Gasteiger partial charge in [0.25, 0.3) is 11.3 Å². The van der Waals surface area contributed by atoms with Crippen LogP contribution in [-0.2, 0) is 6.54 Å². The van der Waals surface area contributed by atoms with Crippen molar-refractivity contribution in [3.05, 3.63) is 93.4 Å². The van der Waals surface area contributed by atoms with Crippen LogP contribution >= 0.6 is 11.6 Å². The summed E-state index contributed by atoms with van der Waals surface area (Å²) in [5.74, 6) is 0.572. The van der Waals surface area contributed by atoms with Gasteiger partial charge in [-0.2, -0.15) is 9.50 Å². The zero-order chi connectivity index (χ0) is 20.8. The Hall–Kier alpha value is -3.58. The van der Waals surface area contributed by atoms with Gasteiger partial charge < -0.3 is 4.57 Å². The Labute approximate surface area is 175 Å². The van der Waals surface area contributed by atoms with Gasteiger partial charge in [-0.15, -0.1) is 5.10 Å². The van der Waals surface area contributed by atoms with Gasteiger partial charge in [-0.25, -0.2) is 9.37 Å². The van der Waals surface area contributed by atoms with Crippen LogP contribution in [0.2, 0.25) is 5.02 Å². The summed E-state index contributed by atoms with van der Waals surface area (Å²) >= 11 is 6.47. The molecule has 0 bridgehead atoms. The third-order valence-electron chi connectivity index (χ3n) is 4.88. The van der Waals surface area contributed by atoms with E-state index in [-0.39, 0.29) is 17.9 Å². The van der Waals surface area contributed by atoms with Crippen molar-refractivity contribution in [2.45, 2.75) is 13.5 Å². The molecule has 0 atom stereocenters. The van der Waals surface area contributed by atoms with Crippen LogP contribution in [0.5, 0.6) is 0 Å². The molecule has 0 fully saturated rings. The molecule has 0 unspecified atom stereocenters. The fourth-order valence-corrected chi connectivity index (χ4v) is 3.80. The molecule has 0 saturated carbocycles. The molecular formula is C22H15ClFN5O. The average Bonchev–Trinajstić information content (AvgIpc) is 3.09. The second-order valence-corrected chi connectivity index (χ2v) is 7.36. The highest BCUT2D eigenvalue weighted by Crippen LogP contribution is 2.31. The number of hydrogen-bond acceptors (Lipinski definition) is 4. The monoisotopic (exact) mass is 419 g/mol. The number of aryl methyl sites for hydroxylation is 1. The van der Waals surface area contributed by atoms with Gasteiger partial charge in [0.2, 0.25) is 0 Å². The number of fused-ring (bicyclic) bond motifs is 2. The molecule has 6 nitrogen and oxygen atoms in total. The molecule has 0 saturated heterocycles. The van der Waals surface area contributed by atoms with E-state index >= 15 is 0 Å². The molecule has 0 aliphatic heterocycles. The van der Waals surface area contributed by atoms with E-state index in [1.54, 1.807) is 41.9 Å². The summed E-state index contributed by atoms with van der Waals surface area (Å²) in [6, 6.07) is 15.2. The minimum absolute atomic E-state index is 0.225. The molecule has 0 amide bonds. The fourth-order valence-electron chi connectivity index (χ4n) is 3.58. The number of benzene rings is 2. The van der Waals surface area contributed by atoms with E-state index in [2.05, 4.69) is 15.1 Å². The maximum absolute atomic E-state index is 13.6. The van der Waals surface area contributed by atoms with E-state index in [1.165, 1.54) is 16.7 Å². The molecule has 8 heteroatoms. The van der Waals surface area contributed by atoms with Gasteiger partial charge in [0.15, 0.2) is 0 Å². The number of pyridine rings is 1. The third-order valence-corrected chi connectivity index (χ3v) is 5.21. The van der Waals surface area contributed by atoms with Crippen LogP contribution in [0, 0.1) is 12.7 Å². The van der Waals surface area contributed by atoms with Gasteiger partial charge in [0.05, 0.1) is 23.1 Å². The van der Waals surface area contributed by atoms with Crippen molar-refractivity contribution < 1.29 is 4.39 Å². The van der Waals surface area contributed by atoms with Crippen molar-refractivity contribution in [2.75, 3.05) is 0 Å². The molecular weight excluding hydrogens is 405 g/mol. The van der Waals surface area contributed by atoms with Crippen molar-refractivity contribution >= 4 is 28.3 Å². The van der Waals surface area contributed by atoms with E-state index in [1.807, 2.05) is 18.2 Å². The topological polar surface area (TPSA) is 65.1 Å². The van der Waals surface area contributed by atoms with Gasteiger partial charge in [-0.05, 0) is 36.8 Å². The first-order valence-corrected chi connectivity index (χ1v) is 9.65. The molecule has 3 aromatic heterocycles. The summed E-state index contributed by atoms with van der Waals surface area (Å²) in [6.07, 6.45) is 1.65. The van der Waals surface area contributed by atoms with Crippen molar-refractivity contribution in [1.29, 1.82) is 0 Å². The lowest BCUT2D eigenvalue weighted by Gasteiger charge is -2.12. The number of nitrogens with zero attached hydrogens (tertiary/aromatic N) is 5. The van der Waals surface area contributed by atoms with Crippen LogP contribution in [0.1, 0.15) is 11.4 Å². The van der Waals surface area contributed by atoms with Crippen molar-refractivity contribution in [2.24, 2.45) is 0 Å². The Balaban J connectivity index is 1.84. The summed E-state index contributed by atoms with van der Waals surface area (Å²) in [7, 11) is 0. The number of hydrogen-bond donors (Lipinski definition) is 0.